The van der Waals surface area contributed by atoms with Gasteiger partial charge in [-0.25, -0.2) is 4.79 Å². The molecule has 0 fully saturated rings. The van der Waals surface area contributed by atoms with Crippen LogP contribution >= 0.6 is 7.26 Å². The number of unbranched alkanes of at least 4 members (excludes halogenated alkanes) is 4. The largest absolute Gasteiger partial charge is 0.493 e. The van der Waals surface area contributed by atoms with E-state index in [2.05, 4.69) is 37.6 Å². The summed E-state index contributed by atoms with van der Waals surface area (Å²) in [5, 5.41) is 14.7. The average Bonchev–Trinajstić information content (AvgIpc) is 2.69. The number of nitrogens with one attached hydrogen (secondary N) is 2. The Kier molecular flexibility index (Phi) is 13.8. The molecule has 0 saturated heterocycles. The number of aliphatic carboxylic acids is 1. The highest BCUT2D eigenvalue weighted by atomic mass is 31.2. The zero-order chi connectivity index (χ0) is 23.8. The Balaban J connectivity index is 2.22. The minimum absolute atomic E-state index is 0.0555. The van der Waals surface area contributed by atoms with Crippen LogP contribution < -0.4 is 20.1 Å². The van der Waals surface area contributed by atoms with Gasteiger partial charge in [0.2, 0.25) is 0 Å². The van der Waals surface area contributed by atoms with Crippen molar-refractivity contribution in [1.29, 1.82) is 0 Å². The van der Waals surface area contributed by atoms with E-state index in [1.165, 1.54) is 19.3 Å². The number of carbonyl (C=O) groups excluding carboxylic acids is 1. The van der Waals surface area contributed by atoms with Gasteiger partial charge in [-0.1, -0.05) is 32.3 Å². The van der Waals surface area contributed by atoms with Gasteiger partial charge in [-0.15, -0.1) is 0 Å². The van der Waals surface area contributed by atoms with Crippen LogP contribution in [0.1, 0.15) is 51.9 Å². The van der Waals surface area contributed by atoms with Gasteiger partial charge in [0.25, 0.3) is 0 Å². The maximum atomic E-state index is 12.1. The van der Waals surface area contributed by atoms with E-state index in [1.807, 2.05) is 24.3 Å². The summed E-state index contributed by atoms with van der Waals surface area (Å²) in [6.45, 7) is 10.4. The number of carboxylic acids is 1. The molecule has 0 aliphatic heterocycles. The van der Waals surface area contributed by atoms with Crippen molar-refractivity contribution in [2.75, 3.05) is 45.9 Å². The molecule has 8 heteroatoms. The molecular weight excluding hydrogens is 427 g/mol. The van der Waals surface area contributed by atoms with Crippen molar-refractivity contribution >= 4 is 19.3 Å². The van der Waals surface area contributed by atoms with Gasteiger partial charge in [0.15, 0.2) is 0 Å². The van der Waals surface area contributed by atoms with Crippen LogP contribution in [0.15, 0.2) is 24.3 Å². The minimum atomic E-state index is -1.20. The first-order valence-corrected chi connectivity index (χ1v) is 14.9. The van der Waals surface area contributed by atoms with Gasteiger partial charge in [-0.05, 0) is 31.4 Å². The molecule has 0 heterocycles. The summed E-state index contributed by atoms with van der Waals surface area (Å²) in [6, 6.07) is 7.03. The molecule has 1 aromatic carbocycles. The lowest BCUT2D eigenvalue weighted by Gasteiger charge is -2.21. The molecule has 0 aliphatic carbocycles. The normalized spacial score (nSPS) is 12.1. The van der Waals surface area contributed by atoms with Crippen molar-refractivity contribution in [3.05, 3.63) is 24.3 Å². The highest BCUT2D eigenvalue weighted by molar-refractivity contribution is 7.73. The lowest BCUT2D eigenvalue weighted by Crippen LogP contribution is -2.45. The molecule has 1 rings (SSSR count). The second kappa shape index (κ2) is 15.7. The van der Waals surface area contributed by atoms with Crippen molar-refractivity contribution in [3.8, 4) is 11.5 Å². The third-order valence-electron chi connectivity index (χ3n) is 4.72. The molecule has 0 aliphatic rings. The first kappa shape index (κ1) is 28.0. The van der Waals surface area contributed by atoms with Crippen LogP contribution in [0, 0.1) is 0 Å². The Morgan fingerprint density at radius 2 is 1.62 bits per heavy atom. The fourth-order valence-electron chi connectivity index (χ4n) is 3.26. The van der Waals surface area contributed by atoms with Crippen LogP contribution in [-0.4, -0.2) is 69.1 Å². The number of amides is 2. The minimum Gasteiger partial charge on any atom is -0.493 e. The smallest absolute Gasteiger partial charge is 0.315 e. The quantitative estimate of drug-likeness (QED) is 0.224. The van der Waals surface area contributed by atoms with Crippen LogP contribution in [-0.2, 0) is 4.79 Å². The van der Waals surface area contributed by atoms with E-state index < -0.39 is 13.2 Å². The molecule has 2 amide bonds. The van der Waals surface area contributed by atoms with Crippen molar-refractivity contribution < 1.29 is 24.2 Å². The van der Waals surface area contributed by atoms with Crippen LogP contribution in [0.3, 0.4) is 0 Å². The third-order valence-corrected chi connectivity index (χ3v) is 6.26. The topological polar surface area (TPSA) is 96.9 Å². The molecule has 32 heavy (non-hydrogen) atoms. The van der Waals surface area contributed by atoms with E-state index in [9.17, 15) is 9.59 Å². The summed E-state index contributed by atoms with van der Waals surface area (Å²) < 4.78 is 11.6. The Bertz CT molecular complexity index is 679. The highest BCUT2D eigenvalue weighted by Gasteiger charge is 2.27. The zero-order valence-electron chi connectivity index (χ0n) is 20.2. The molecule has 182 valence electrons. The number of carboxylic acid groups (broad SMARTS) is 1. The molecule has 0 saturated carbocycles. The molecule has 7 nitrogen and oxygen atoms in total. The van der Waals surface area contributed by atoms with Gasteiger partial charge >= 0.3 is 12.0 Å². The highest BCUT2D eigenvalue weighted by Crippen LogP contribution is 2.47. The molecule has 1 aromatic rings. The molecule has 0 bridgehead atoms. The van der Waals surface area contributed by atoms with Crippen molar-refractivity contribution in [2.45, 2.75) is 57.9 Å². The predicted octanol–water partition coefficient (Wildman–Crippen LogP) is 4.85. The SMILES string of the molecule is CCCCCCOc1cccc(OCCCCNC(=O)N[C@@H](CC(=O)O)C[P+](C)(C)C)c1. The van der Waals surface area contributed by atoms with Crippen LogP contribution in [0.25, 0.3) is 0 Å². The first-order chi connectivity index (χ1) is 15.2. The summed E-state index contributed by atoms with van der Waals surface area (Å²) in [6.07, 6.45) is 6.94. The van der Waals surface area contributed by atoms with Crippen molar-refractivity contribution in [3.63, 3.8) is 0 Å². The van der Waals surface area contributed by atoms with Gasteiger partial charge in [-0.2, -0.15) is 0 Å². The van der Waals surface area contributed by atoms with Crippen LogP contribution in [0.4, 0.5) is 4.79 Å². The molecule has 3 N–H and O–H groups in total. The van der Waals surface area contributed by atoms with Gasteiger partial charge in [0, 0.05) is 39.9 Å². The maximum absolute atomic E-state index is 12.1. The molecule has 0 spiro atoms. The lowest BCUT2D eigenvalue weighted by atomic mass is 10.2. The van der Waals surface area contributed by atoms with E-state index in [-0.39, 0.29) is 18.5 Å². The fourth-order valence-corrected chi connectivity index (χ4v) is 4.80. The summed E-state index contributed by atoms with van der Waals surface area (Å²) in [4.78, 5) is 23.2. The number of hydrogen-bond donors (Lipinski definition) is 3. The summed E-state index contributed by atoms with van der Waals surface area (Å²) >= 11 is 0. The monoisotopic (exact) mass is 469 g/mol. The third kappa shape index (κ3) is 14.9. The summed E-state index contributed by atoms with van der Waals surface area (Å²) in [5.74, 6) is 0.710. The number of rotatable bonds is 17. The number of hydrogen-bond acceptors (Lipinski definition) is 4. The molecule has 0 aromatic heterocycles. The van der Waals surface area contributed by atoms with E-state index in [0.29, 0.717) is 19.3 Å². The van der Waals surface area contributed by atoms with E-state index in [0.717, 1.165) is 37.4 Å². The van der Waals surface area contributed by atoms with E-state index in [4.69, 9.17) is 14.6 Å². The van der Waals surface area contributed by atoms with E-state index in [1.54, 1.807) is 0 Å². The Morgan fingerprint density at radius 3 is 2.19 bits per heavy atom. The molecular formula is C24H42N2O5P+. The van der Waals surface area contributed by atoms with Crippen molar-refractivity contribution in [2.24, 2.45) is 0 Å². The fraction of sp³-hybridized carbons (Fsp3) is 0.667. The van der Waals surface area contributed by atoms with Gasteiger partial charge in [-0.3, -0.25) is 4.79 Å². The predicted molar refractivity (Wildman–Crippen MR) is 133 cm³/mol. The summed E-state index contributed by atoms with van der Waals surface area (Å²) in [5.41, 5.74) is 0. The number of urea groups is 1. The zero-order valence-corrected chi connectivity index (χ0v) is 21.1. The average molecular weight is 470 g/mol. The second-order valence-electron chi connectivity index (χ2n) is 9.11. The van der Waals surface area contributed by atoms with Crippen LogP contribution in [0.2, 0.25) is 0 Å². The van der Waals surface area contributed by atoms with Crippen LogP contribution in [0.5, 0.6) is 11.5 Å². The Morgan fingerprint density at radius 1 is 1.00 bits per heavy atom. The van der Waals surface area contributed by atoms with Gasteiger partial charge in [0.1, 0.15) is 11.5 Å². The molecule has 0 radical (unpaired) electrons. The first-order valence-electron chi connectivity index (χ1n) is 11.6. The maximum Gasteiger partial charge on any atom is 0.315 e. The lowest BCUT2D eigenvalue weighted by molar-refractivity contribution is -0.137. The van der Waals surface area contributed by atoms with Gasteiger partial charge < -0.3 is 25.2 Å². The Labute approximate surface area is 194 Å². The summed E-state index contributed by atoms with van der Waals surface area (Å²) in [7, 11) is -1.20. The van der Waals surface area contributed by atoms with E-state index >= 15 is 0 Å². The second-order valence-corrected chi connectivity index (χ2v) is 14.1. The van der Waals surface area contributed by atoms with Gasteiger partial charge in [0.05, 0.1) is 31.8 Å². The standard InChI is InChI=1S/C24H41N2O5P/c1-5-6-7-9-15-30-21-12-11-13-22(18-21)31-16-10-8-14-25-24(29)26-20(17-23(27)28)19-32(2,3)4/h11-13,18,20H,5-10,14-17,19H2,1-4H3,(H2-,25,26,27,28,29)/p+1/t20-/m0/s1. The van der Waals surface area contributed by atoms with Crippen molar-refractivity contribution in [1.82, 2.24) is 10.6 Å². The number of carbonyl (C=O) groups is 2. The number of benzene rings is 1. The molecule has 1 atom stereocenters. The Hall–Kier alpha value is -2.01. The number of ether oxygens (including phenoxy) is 2. The molecule has 0 unspecified atom stereocenters.